The second-order valence-electron chi connectivity index (χ2n) is 14.6. The van der Waals surface area contributed by atoms with E-state index in [4.69, 9.17) is 9.47 Å². The van der Waals surface area contributed by atoms with Crippen molar-refractivity contribution in [1.82, 2.24) is 0 Å². The van der Waals surface area contributed by atoms with Crippen molar-refractivity contribution in [3.05, 3.63) is 12.2 Å². The lowest BCUT2D eigenvalue weighted by atomic mass is 9.40. The van der Waals surface area contributed by atoms with Crippen LogP contribution in [0.2, 0.25) is 0 Å². The van der Waals surface area contributed by atoms with E-state index in [1.54, 1.807) is 0 Å². The average Bonchev–Trinajstić information content (AvgIpc) is 3.26. The molecule has 6 aliphatic rings. The lowest BCUT2D eigenvalue weighted by molar-refractivity contribution is -0.296. The first-order valence-electron chi connectivity index (χ1n) is 15.7. The molecule has 7 nitrogen and oxygen atoms in total. The number of Topliss-reactive ketones (excluding diaryl/α,β-unsaturated/α-hetero) is 1. The maximum Gasteiger partial charge on any atom is 0.333 e. The highest BCUT2D eigenvalue weighted by Gasteiger charge is 2.75. The molecule has 1 spiro atoms. The lowest BCUT2D eigenvalue weighted by Gasteiger charge is -2.68. The van der Waals surface area contributed by atoms with Gasteiger partial charge in [-0.05, 0) is 79.4 Å². The number of aliphatic hydroxyl groups is 1. The Morgan fingerprint density at radius 2 is 1.85 bits per heavy atom. The van der Waals surface area contributed by atoms with Gasteiger partial charge in [-0.25, -0.2) is 4.79 Å². The Balaban J connectivity index is 1.31. The Kier molecular flexibility index (Phi) is 8.06. The van der Waals surface area contributed by atoms with Gasteiger partial charge >= 0.3 is 11.9 Å². The number of rotatable bonds is 9. The highest BCUT2D eigenvalue weighted by atomic mass is 16.5. The Hall–Kier alpha value is -1.73. The minimum absolute atomic E-state index is 0.0249. The largest absolute Gasteiger partial charge is 0.466 e. The number of carbonyl (C=O) groups is 3. The zero-order chi connectivity index (χ0) is 29.0. The number of carbonyl (C=O) groups excluding carboxylic acids is 3. The fourth-order valence-electron chi connectivity index (χ4n) is 10.2. The van der Waals surface area contributed by atoms with Crippen molar-refractivity contribution in [2.24, 2.45) is 46.3 Å². The number of methoxy groups -OCH3 is 1. The maximum atomic E-state index is 14.1. The van der Waals surface area contributed by atoms with Crippen molar-refractivity contribution >= 4 is 17.7 Å². The van der Waals surface area contributed by atoms with Crippen LogP contribution >= 0.6 is 0 Å². The van der Waals surface area contributed by atoms with Crippen LogP contribution in [-0.2, 0) is 28.6 Å². The summed E-state index contributed by atoms with van der Waals surface area (Å²) in [5.74, 6) is 1.52. The topological polar surface area (TPSA) is 99.1 Å². The van der Waals surface area contributed by atoms with Crippen LogP contribution in [0.4, 0.5) is 0 Å². The van der Waals surface area contributed by atoms with Crippen LogP contribution in [0.25, 0.3) is 0 Å². The van der Waals surface area contributed by atoms with Gasteiger partial charge in [0.1, 0.15) is 17.8 Å². The molecule has 2 unspecified atom stereocenters. The summed E-state index contributed by atoms with van der Waals surface area (Å²) in [7, 11) is 1.24. The first-order chi connectivity index (χ1) is 18.9. The van der Waals surface area contributed by atoms with Gasteiger partial charge in [0.25, 0.3) is 0 Å². The standard InChI is InChI=1S/C33H50O7/c1-19(2)8-7-9-20(3)23-10-11-24-27-25(13-14-31(23,24)5)32-15-12-22(40-26(34)16-21(4)30(36)38-6)17-33(32,37)29(35)28(27)39-18-32/h19-20,22-25,27-28,37H,4,7-18H2,1-3,5-6H3/t20-,22+,23-,24+,25+,27+,28?,31-,32?,33+/m1/s1. The summed E-state index contributed by atoms with van der Waals surface area (Å²) < 4.78 is 16.6. The molecule has 224 valence electrons. The Morgan fingerprint density at radius 3 is 2.55 bits per heavy atom. The van der Waals surface area contributed by atoms with Crippen molar-refractivity contribution in [2.45, 2.75) is 116 Å². The van der Waals surface area contributed by atoms with Crippen LogP contribution in [-0.4, -0.2) is 54.4 Å². The molecule has 2 aliphatic heterocycles. The summed E-state index contributed by atoms with van der Waals surface area (Å²) >= 11 is 0. The van der Waals surface area contributed by atoms with Crippen LogP contribution in [0.1, 0.15) is 98.3 Å². The fraction of sp³-hybridized carbons (Fsp3) is 0.848. The summed E-state index contributed by atoms with van der Waals surface area (Å²) in [5.41, 5.74) is -1.93. The molecule has 4 aliphatic carbocycles. The van der Waals surface area contributed by atoms with Gasteiger partial charge in [-0.2, -0.15) is 0 Å². The summed E-state index contributed by atoms with van der Waals surface area (Å²) in [6.07, 6.45) is 8.20. The quantitative estimate of drug-likeness (QED) is 0.298. The predicted octanol–water partition coefficient (Wildman–Crippen LogP) is 5.42. The van der Waals surface area contributed by atoms with Gasteiger partial charge in [0.15, 0.2) is 5.78 Å². The van der Waals surface area contributed by atoms with Crippen molar-refractivity contribution in [3.63, 3.8) is 0 Å². The van der Waals surface area contributed by atoms with Crippen LogP contribution in [0, 0.1) is 46.3 Å². The third-order valence-corrected chi connectivity index (χ3v) is 12.2. The minimum atomic E-state index is -1.55. The van der Waals surface area contributed by atoms with Gasteiger partial charge in [0, 0.05) is 17.4 Å². The van der Waals surface area contributed by atoms with Gasteiger partial charge in [-0.1, -0.05) is 53.5 Å². The van der Waals surface area contributed by atoms with E-state index in [2.05, 4.69) is 39.0 Å². The number of fused-ring (bicyclic) bond motifs is 2. The minimum Gasteiger partial charge on any atom is -0.466 e. The Morgan fingerprint density at radius 1 is 1.10 bits per heavy atom. The molecule has 2 heterocycles. The number of esters is 2. The summed E-state index contributed by atoms with van der Waals surface area (Å²) in [4.78, 5) is 38.2. The number of hydrogen-bond acceptors (Lipinski definition) is 7. The van der Waals surface area contributed by atoms with Gasteiger partial charge in [0.05, 0.1) is 20.1 Å². The Bertz CT molecular complexity index is 1040. The van der Waals surface area contributed by atoms with Crippen LogP contribution in [0.3, 0.4) is 0 Å². The van der Waals surface area contributed by atoms with E-state index < -0.39 is 35.2 Å². The maximum absolute atomic E-state index is 14.1. The number of ketones is 1. The molecule has 0 aromatic heterocycles. The Labute approximate surface area is 239 Å². The van der Waals surface area contributed by atoms with E-state index in [0.29, 0.717) is 37.2 Å². The molecular formula is C33H50O7. The van der Waals surface area contributed by atoms with Gasteiger partial charge in [0.2, 0.25) is 0 Å². The SMILES string of the molecule is C=C(CC(=O)O[C@H]1CCC23COC(C(=O)[C@@]2(O)C1)[C@@H]1[C@@H]3CC[C@]2(C)[C@@H]([C@H](C)CCCC(C)C)CC[C@@H]12)C(=O)OC. The second-order valence-corrected chi connectivity index (χ2v) is 14.6. The molecule has 0 amide bonds. The fourth-order valence-corrected chi connectivity index (χ4v) is 10.2. The van der Waals surface area contributed by atoms with Crippen molar-refractivity contribution in [1.29, 1.82) is 0 Å². The molecule has 0 aromatic carbocycles. The molecule has 6 rings (SSSR count). The van der Waals surface area contributed by atoms with E-state index in [-0.39, 0.29) is 41.4 Å². The van der Waals surface area contributed by atoms with Gasteiger partial charge in [-0.15, -0.1) is 0 Å². The van der Waals surface area contributed by atoms with Crippen LogP contribution < -0.4 is 0 Å². The normalized spacial score (nSPS) is 42.5. The monoisotopic (exact) mass is 558 g/mol. The molecule has 7 heteroatoms. The molecule has 10 atom stereocenters. The first kappa shape index (κ1) is 29.8. The molecule has 40 heavy (non-hydrogen) atoms. The smallest absolute Gasteiger partial charge is 0.333 e. The van der Waals surface area contributed by atoms with E-state index in [1.807, 2.05) is 0 Å². The van der Waals surface area contributed by atoms with E-state index in [1.165, 1.54) is 32.8 Å². The zero-order valence-electron chi connectivity index (χ0n) is 25.2. The number of ether oxygens (including phenoxy) is 3. The third-order valence-electron chi connectivity index (χ3n) is 12.2. The third kappa shape index (κ3) is 4.58. The van der Waals surface area contributed by atoms with E-state index >= 15 is 0 Å². The van der Waals surface area contributed by atoms with Crippen molar-refractivity contribution in [2.75, 3.05) is 13.7 Å². The molecular weight excluding hydrogens is 508 g/mol. The molecule has 1 N–H and O–H groups in total. The van der Waals surface area contributed by atoms with E-state index in [0.717, 1.165) is 25.2 Å². The molecule has 2 saturated heterocycles. The van der Waals surface area contributed by atoms with Crippen molar-refractivity contribution in [3.8, 4) is 0 Å². The molecule has 6 fully saturated rings. The molecule has 4 saturated carbocycles. The molecule has 0 aromatic rings. The van der Waals surface area contributed by atoms with Crippen LogP contribution in [0.15, 0.2) is 12.2 Å². The predicted molar refractivity (Wildman–Crippen MR) is 150 cm³/mol. The first-order valence-corrected chi connectivity index (χ1v) is 15.7. The van der Waals surface area contributed by atoms with Crippen molar-refractivity contribution < 1.29 is 33.7 Å². The lowest BCUT2D eigenvalue weighted by Crippen LogP contribution is -2.78. The summed E-state index contributed by atoms with van der Waals surface area (Å²) in [5, 5.41) is 12.1. The average molecular weight is 559 g/mol. The highest BCUT2D eigenvalue weighted by molar-refractivity contribution is 5.95. The summed E-state index contributed by atoms with van der Waals surface area (Å²) in [6, 6.07) is 0. The zero-order valence-corrected chi connectivity index (χ0v) is 25.2. The highest BCUT2D eigenvalue weighted by Crippen LogP contribution is 2.71. The van der Waals surface area contributed by atoms with E-state index in [9.17, 15) is 19.5 Å². The van der Waals surface area contributed by atoms with Crippen LogP contribution in [0.5, 0.6) is 0 Å². The summed E-state index contributed by atoms with van der Waals surface area (Å²) in [6.45, 7) is 13.5. The molecule has 2 bridgehead atoms. The number of hydrogen-bond donors (Lipinski definition) is 1. The molecule has 0 radical (unpaired) electrons. The van der Waals surface area contributed by atoms with Gasteiger partial charge in [-0.3, -0.25) is 9.59 Å². The second kappa shape index (κ2) is 10.8. The van der Waals surface area contributed by atoms with Gasteiger partial charge < -0.3 is 19.3 Å².